The van der Waals surface area contributed by atoms with E-state index in [-0.39, 0.29) is 11.7 Å². The SMILES string of the molecule is CC(=O)c1cc2cc(NCc3cc(NC(=O)c4cccc(OCF)c4)ccc3C)cnc2[nH]1. The summed E-state index contributed by atoms with van der Waals surface area (Å²) < 4.78 is 17.2. The van der Waals surface area contributed by atoms with E-state index >= 15 is 0 Å². The molecule has 33 heavy (non-hydrogen) atoms. The zero-order valence-corrected chi connectivity index (χ0v) is 18.2. The molecule has 168 valence electrons. The lowest BCUT2D eigenvalue weighted by molar-refractivity contribution is 0.101. The second kappa shape index (κ2) is 9.52. The van der Waals surface area contributed by atoms with Crippen molar-refractivity contribution < 1.29 is 18.7 Å². The fourth-order valence-corrected chi connectivity index (χ4v) is 3.43. The molecule has 0 spiro atoms. The lowest BCUT2D eigenvalue weighted by Crippen LogP contribution is -2.12. The number of carbonyl (C=O) groups excluding carboxylic acids is 2. The number of hydrogen-bond donors (Lipinski definition) is 3. The van der Waals surface area contributed by atoms with E-state index in [0.717, 1.165) is 22.2 Å². The molecule has 4 aromatic rings. The highest BCUT2D eigenvalue weighted by Gasteiger charge is 2.10. The van der Waals surface area contributed by atoms with E-state index in [1.165, 1.54) is 13.0 Å². The van der Waals surface area contributed by atoms with Crippen molar-refractivity contribution in [3.05, 3.63) is 83.2 Å². The number of pyridine rings is 1. The minimum absolute atomic E-state index is 0.0429. The van der Waals surface area contributed by atoms with Crippen LogP contribution in [0.3, 0.4) is 0 Å². The number of alkyl halides is 1. The molecule has 0 saturated heterocycles. The van der Waals surface area contributed by atoms with Gasteiger partial charge in [-0.25, -0.2) is 9.37 Å². The van der Waals surface area contributed by atoms with Gasteiger partial charge in [0.15, 0.2) is 5.78 Å². The maximum Gasteiger partial charge on any atom is 0.255 e. The van der Waals surface area contributed by atoms with Gasteiger partial charge in [-0.1, -0.05) is 12.1 Å². The zero-order valence-electron chi connectivity index (χ0n) is 18.2. The minimum Gasteiger partial charge on any atom is -0.463 e. The first-order valence-electron chi connectivity index (χ1n) is 10.4. The molecule has 2 heterocycles. The van der Waals surface area contributed by atoms with Crippen LogP contribution in [0.1, 0.15) is 38.9 Å². The molecule has 2 aromatic carbocycles. The van der Waals surface area contributed by atoms with Gasteiger partial charge in [-0.3, -0.25) is 9.59 Å². The van der Waals surface area contributed by atoms with E-state index in [1.54, 1.807) is 30.5 Å². The smallest absolute Gasteiger partial charge is 0.255 e. The molecule has 0 aliphatic heterocycles. The Kier molecular flexibility index (Phi) is 6.35. The number of aryl methyl sites for hydroxylation is 1. The number of hydrogen-bond acceptors (Lipinski definition) is 5. The van der Waals surface area contributed by atoms with Crippen molar-refractivity contribution >= 4 is 34.1 Å². The number of amides is 1. The number of nitrogens with zero attached hydrogens (tertiary/aromatic N) is 1. The third-order valence-electron chi connectivity index (χ3n) is 5.26. The summed E-state index contributed by atoms with van der Waals surface area (Å²) in [6, 6.07) is 15.7. The van der Waals surface area contributed by atoms with Gasteiger partial charge in [-0.2, -0.15) is 0 Å². The number of nitrogens with one attached hydrogen (secondary N) is 3. The molecule has 0 unspecified atom stereocenters. The molecule has 4 rings (SSSR count). The van der Waals surface area contributed by atoms with Gasteiger partial charge in [0, 0.05) is 30.1 Å². The Hall–Kier alpha value is -4.20. The average Bonchev–Trinajstić information content (AvgIpc) is 3.24. The lowest BCUT2D eigenvalue weighted by atomic mass is 10.1. The van der Waals surface area contributed by atoms with Crippen LogP contribution in [-0.4, -0.2) is 28.5 Å². The van der Waals surface area contributed by atoms with E-state index < -0.39 is 6.86 Å². The number of ether oxygens (including phenoxy) is 1. The van der Waals surface area contributed by atoms with Gasteiger partial charge in [0.05, 0.1) is 17.6 Å². The molecule has 2 aromatic heterocycles. The van der Waals surface area contributed by atoms with Crippen molar-refractivity contribution in [1.29, 1.82) is 0 Å². The number of aromatic nitrogens is 2. The maximum atomic E-state index is 12.6. The number of rotatable bonds is 8. The van der Waals surface area contributed by atoms with Crippen LogP contribution in [0, 0.1) is 6.92 Å². The number of aromatic amines is 1. The molecular weight excluding hydrogens is 423 g/mol. The van der Waals surface area contributed by atoms with Crippen molar-refractivity contribution in [2.45, 2.75) is 20.4 Å². The van der Waals surface area contributed by atoms with Gasteiger partial charge in [-0.15, -0.1) is 0 Å². The summed E-state index contributed by atoms with van der Waals surface area (Å²) in [5.41, 5.74) is 5.08. The van der Waals surface area contributed by atoms with Crippen LogP contribution in [0.2, 0.25) is 0 Å². The summed E-state index contributed by atoms with van der Waals surface area (Å²) in [6.07, 6.45) is 1.70. The molecule has 8 heteroatoms. The van der Waals surface area contributed by atoms with E-state index in [0.29, 0.717) is 34.9 Å². The number of halogens is 1. The molecule has 0 fully saturated rings. The van der Waals surface area contributed by atoms with Crippen LogP contribution in [0.4, 0.5) is 15.8 Å². The first-order chi connectivity index (χ1) is 15.9. The number of carbonyl (C=O) groups is 2. The Labute approximate surface area is 190 Å². The zero-order chi connectivity index (χ0) is 23.4. The molecule has 0 aliphatic carbocycles. The fourth-order valence-electron chi connectivity index (χ4n) is 3.43. The minimum atomic E-state index is -0.955. The first-order valence-corrected chi connectivity index (χ1v) is 10.4. The normalized spacial score (nSPS) is 10.8. The van der Waals surface area contributed by atoms with Crippen molar-refractivity contribution in [2.75, 3.05) is 17.5 Å². The predicted octanol–water partition coefficient (Wildman–Crippen LogP) is 5.24. The summed E-state index contributed by atoms with van der Waals surface area (Å²) in [5.74, 6) is -0.0634. The van der Waals surface area contributed by atoms with E-state index in [4.69, 9.17) is 4.74 Å². The molecule has 0 atom stereocenters. The second-order valence-corrected chi connectivity index (χ2v) is 7.63. The molecule has 0 saturated carbocycles. The van der Waals surface area contributed by atoms with Crippen LogP contribution >= 0.6 is 0 Å². The number of H-pyrrole nitrogens is 1. The second-order valence-electron chi connectivity index (χ2n) is 7.63. The Morgan fingerprint density at radius 3 is 2.73 bits per heavy atom. The number of ketones is 1. The standard InChI is InChI=1S/C25H23FN4O3/c1-15-6-7-20(29-25(32)17-4-3-5-22(10-17)33-14-26)9-19(15)12-27-21-8-18-11-23(16(2)31)30-24(18)28-13-21/h3-11,13,27H,12,14H2,1-2H3,(H,28,30)(H,29,32). The Bertz CT molecular complexity index is 1330. The first kappa shape index (κ1) is 22.0. The van der Waals surface area contributed by atoms with Gasteiger partial charge >= 0.3 is 0 Å². The number of benzene rings is 2. The van der Waals surface area contributed by atoms with Crippen molar-refractivity contribution in [3.8, 4) is 5.75 Å². The molecule has 0 radical (unpaired) electrons. The Balaban J connectivity index is 1.46. The van der Waals surface area contributed by atoms with Crippen LogP contribution in [0.15, 0.2) is 60.8 Å². The highest BCUT2D eigenvalue weighted by atomic mass is 19.1. The highest BCUT2D eigenvalue weighted by Crippen LogP contribution is 2.21. The summed E-state index contributed by atoms with van der Waals surface area (Å²) in [4.78, 5) is 31.5. The monoisotopic (exact) mass is 446 g/mol. The number of Topliss-reactive ketones (excluding diaryl/α,β-unsaturated/α-hetero) is 1. The van der Waals surface area contributed by atoms with Gasteiger partial charge in [0.1, 0.15) is 11.4 Å². The molecular formula is C25H23FN4O3. The van der Waals surface area contributed by atoms with Crippen molar-refractivity contribution in [1.82, 2.24) is 9.97 Å². The highest BCUT2D eigenvalue weighted by molar-refractivity contribution is 6.04. The molecule has 1 amide bonds. The molecule has 0 aliphatic rings. The third-order valence-corrected chi connectivity index (χ3v) is 5.26. The third kappa shape index (κ3) is 5.17. The summed E-state index contributed by atoms with van der Waals surface area (Å²) in [6.45, 7) is 3.07. The van der Waals surface area contributed by atoms with Crippen LogP contribution < -0.4 is 15.4 Å². The fraction of sp³-hybridized carbons (Fsp3) is 0.160. The summed E-state index contributed by atoms with van der Waals surface area (Å²) in [7, 11) is 0. The quantitative estimate of drug-likeness (QED) is 0.322. The summed E-state index contributed by atoms with van der Waals surface area (Å²) >= 11 is 0. The molecule has 0 bridgehead atoms. The van der Waals surface area contributed by atoms with Gasteiger partial charge in [0.2, 0.25) is 6.86 Å². The largest absolute Gasteiger partial charge is 0.463 e. The van der Waals surface area contributed by atoms with E-state index in [9.17, 15) is 14.0 Å². The van der Waals surface area contributed by atoms with Gasteiger partial charge < -0.3 is 20.4 Å². The summed E-state index contributed by atoms with van der Waals surface area (Å²) in [5, 5.41) is 7.06. The van der Waals surface area contributed by atoms with Gasteiger partial charge in [0.25, 0.3) is 5.91 Å². The number of anilines is 2. The molecule has 7 nitrogen and oxygen atoms in total. The van der Waals surface area contributed by atoms with E-state index in [1.807, 2.05) is 31.2 Å². The Morgan fingerprint density at radius 1 is 1.09 bits per heavy atom. The van der Waals surface area contributed by atoms with Gasteiger partial charge in [-0.05, 0) is 60.5 Å². The van der Waals surface area contributed by atoms with Crippen LogP contribution in [-0.2, 0) is 6.54 Å². The van der Waals surface area contributed by atoms with E-state index in [2.05, 4.69) is 20.6 Å². The topological polar surface area (TPSA) is 96.1 Å². The maximum absolute atomic E-state index is 12.6. The lowest BCUT2D eigenvalue weighted by Gasteiger charge is -2.12. The number of fused-ring (bicyclic) bond motifs is 1. The van der Waals surface area contributed by atoms with Crippen LogP contribution in [0.25, 0.3) is 11.0 Å². The molecule has 3 N–H and O–H groups in total. The van der Waals surface area contributed by atoms with Crippen molar-refractivity contribution in [2.24, 2.45) is 0 Å². The van der Waals surface area contributed by atoms with Crippen LogP contribution in [0.5, 0.6) is 5.75 Å². The average molecular weight is 446 g/mol. The Morgan fingerprint density at radius 2 is 1.94 bits per heavy atom. The predicted molar refractivity (Wildman–Crippen MR) is 126 cm³/mol. The van der Waals surface area contributed by atoms with Crippen molar-refractivity contribution in [3.63, 3.8) is 0 Å².